The van der Waals surface area contributed by atoms with Gasteiger partial charge in [0.2, 0.25) is 0 Å². The molecule has 1 heterocycles. The highest BCUT2D eigenvalue weighted by Gasteiger charge is 2.32. The molecule has 0 spiro atoms. The zero-order chi connectivity index (χ0) is 13.2. The number of aliphatic carboxylic acids is 1. The first-order chi connectivity index (χ1) is 7.72. The maximum Gasteiger partial charge on any atom is 0.321 e. The average molecular weight is 266 g/mol. The standard InChI is InChI=1S/C9H18N2O5S/c1-6-4-11(5-7(2)16-6)17(14,15)10-8(3)9(12)13/h6-8,10H,4-5H2,1-3H3,(H,12,13)/t6?,7?,8-/m0/s1. The summed E-state index contributed by atoms with van der Waals surface area (Å²) in [5.74, 6) is -1.21. The molecule has 2 unspecified atom stereocenters. The Labute approximate surface area is 101 Å². The normalized spacial score (nSPS) is 28.9. The summed E-state index contributed by atoms with van der Waals surface area (Å²) in [6, 6.07) is -1.14. The number of ether oxygens (including phenoxy) is 1. The summed E-state index contributed by atoms with van der Waals surface area (Å²) in [4.78, 5) is 10.6. The Bertz CT molecular complexity index is 373. The highest BCUT2D eigenvalue weighted by molar-refractivity contribution is 7.87. The highest BCUT2D eigenvalue weighted by Crippen LogP contribution is 2.13. The van der Waals surface area contributed by atoms with Crippen LogP contribution >= 0.6 is 0 Å². The van der Waals surface area contributed by atoms with E-state index >= 15 is 0 Å². The van der Waals surface area contributed by atoms with Crippen molar-refractivity contribution in [3.05, 3.63) is 0 Å². The average Bonchev–Trinajstić information content (AvgIpc) is 2.15. The van der Waals surface area contributed by atoms with E-state index in [1.807, 2.05) is 0 Å². The summed E-state index contributed by atoms with van der Waals surface area (Å²) in [6.07, 6.45) is -0.397. The van der Waals surface area contributed by atoms with Crippen LogP contribution in [-0.2, 0) is 19.7 Å². The molecule has 0 aromatic rings. The van der Waals surface area contributed by atoms with Gasteiger partial charge in [-0.3, -0.25) is 4.79 Å². The molecular weight excluding hydrogens is 248 g/mol. The lowest BCUT2D eigenvalue weighted by molar-refractivity contribution is -0.138. The Morgan fingerprint density at radius 1 is 1.41 bits per heavy atom. The fourth-order valence-corrected chi connectivity index (χ4v) is 3.18. The third kappa shape index (κ3) is 3.91. The minimum Gasteiger partial charge on any atom is -0.480 e. The predicted octanol–water partition coefficient (Wildman–Crippen LogP) is -0.597. The number of carbonyl (C=O) groups is 1. The number of carboxylic acid groups (broad SMARTS) is 1. The minimum atomic E-state index is -3.77. The predicted molar refractivity (Wildman–Crippen MR) is 60.7 cm³/mol. The van der Waals surface area contributed by atoms with Crippen molar-refractivity contribution in [2.45, 2.75) is 39.0 Å². The molecule has 1 aliphatic rings. The van der Waals surface area contributed by atoms with Crippen LogP contribution in [0.2, 0.25) is 0 Å². The first-order valence-corrected chi connectivity index (χ1v) is 6.82. The summed E-state index contributed by atoms with van der Waals surface area (Å²) in [5, 5.41) is 8.68. The SMILES string of the molecule is CC1CN(S(=O)(=O)N[C@@H](C)C(=O)O)CC(C)O1. The Balaban J connectivity index is 2.73. The molecule has 0 aromatic carbocycles. The number of morpholine rings is 1. The van der Waals surface area contributed by atoms with Crippen LogP contribution in [0.3, 0.4) is 0 Å². The van der Waals surface area contributed by atoms with Gasteiger partial charge in [-0.05, 0) is 20.8 Å². The van der Waals surface area contributed by atoms with Crippen LogP contribution in [0.1, 0.15) is 20.8 Å². The molecule has 0 bridgehead atoms. The van der Waals surface area contributed by atoms with Crippen molar-refractivity contribution >= 4 is 16.2 Å². The van der Waals surface area contributed by atoms with Gasteiger partial charge in [0, 0.05) is 13.1 Å². The first kappa shape index (κ1) is 14.4. The molecule has 7 nitrogen and oxygen atoms in total. The molecule has 0 radical (unpaired) electrons. The van der Waals surface area contributed by atoms with Crippen LogP contribution in [0.15, 0.2) is 0 Å². The minimum absolute atomic E-state index is 0.199. The van der Waals surface area contributed by atoms with E-state index in [4.69, 9.17) is 9.84 Å². The Hall–Kier alpha value is -0.700. The van der Waals surface area contributed by atoms with Gasteiger partial charge in [-0.25, -0.2) is 0 Å². The van der Waals surface area contributed by atoms with Gasteiger partial charge in [-0.2, -0.15) is 17.4 Å². The number of nitrogens with one attached hydrogen (secondary N) is 1. The Morgan fingerprint density at radius 2 is 1.88 bits per heavy atom. The quantitative estimate of drug-likeness (QED) is 0.708. The zero-order valence-electron chi connectivity index (χ0n) is 10.1. The number of hydrogen-bond acceptors (Lipinski definition) is 4. The van der Waals surface area contributed by atoms with Crippen LogP contribution in [-0.4, -0.2) is 55.1 Å². The molecule has 1 aliphatic heterocycles. The maximum absolute atomic E-state index is 11.9. The number of hydrogen-bond donors (Lipinski definition) is 2. The summed E-state index contributed by atoms with van der Waals surface area (Å²) in [5.41, 5.74) is 0. The second kappa shape index (κ2) is 5.30. The van der Waals surface area contributed by atoms with Gasteiger partial charge in [-0.1, -0.05) is 0 Å². The van der Waals surface area contributed by atoms with E-state index in [-0.39, 0.29) is 25.3 Å². The van der Waals surface area contributed by atoms with Crippen molar-refractivity contribution in [1.29, 1.82) is 0 Å². The Morgan fingerprint density at radius 3 is 2.29 bits per heavy atom. The van der Waals surface area contributed by atoms with Crippen molar-refractivity contribution in [2.24, 2.45) is 0 Å². The summed E-state index contributed by atoms with van der Waals surface area (Å²) in [7, 11) is -3.77. The number of rotatable bonds is 4. The van der Waals surface area contributed by atoms with Crippen molar-refractivity contribution < 1.29 is 23.1 Å². The van der Waals surface area contributed by atoms with Gasteiger partial charge in [0.25, 0.3) is 10.2 Å². The second-order valence-corrected chi connectivity index (χ2v) is 5.96. The smallest absolute Gasteiger partial charge is 0.321 e. The lowest BCUT2D eigenvalue weighted by Gasteiger charge is -2.34. The molecule has 2 N–H and O–H groups in total. The molecule has 0 amide bonds. The van der Waals surface area contributed by atoms with E-state index in [2.05, 4.69) is 4.72 Å². The fraction of sp³-hybridized carbons (Fsp3) is 0.889. The molecule has 8 heteroatoms. The van der Waals surface area contributed by atoms with E-state index in [1.165, 1.54) is 11.2 Å². The second-order valence-electron chi connectivity index (χ2n) is 4.26. The van der Waals surface area contributed by atoms with Crippen LogP contribution in [0, 0.1) is 0 Å². The van der Waals surface area contributed by atoms with Gasteiger partial charge >= 0.3 is 5.97 Å². The van der Waals surface area contributed by atoms with Crippen molar-refractivity contribution in [2.75, 3.05) is 13.1 Å². The van der Waals surface area contributed by atoms with Gasteiger partial charge in [0.1, 0.15) is 6.04 Å². The van der Waals surface area contributed by atoms with Crippen LogP contribution in [0.5, 0.6) is 0 Å². The number of carboxylic acids is 1. The van der Waals surface area contributed by atoms with E-state index < -0.39 is 22.2 Å². The summed E-state index contributed by atoms with van der Waals surface area (Å²) in [6.45, 7) is 5.29. The van der Waals surface area contributed by atoms with E-state index in [0.717, 1.165) is 0 Å². The molecule has 100 valence electrons. The van der Waals surface area contributed by atoms with Crippen LogP contribution in [0.25, 0.3) is 0 Å². The molecule has 1 saturated heterocycles. The van der Waals surface area contributed by atoms with Crippen LogP contribution < -0.4 is 4.72 Å². The van der Waals surface area contributed by atoms with Crippen LogP contribution in [0.4, 0.5) is 0 Å². The molecule has 3 atom stereocenters. The molecular formula is C9H18N2O5S. The third-order valence-corrected chi connectivity index (χ3v) is 4.05. The zero-order valence-corrected chi connectivity index (χ0v) is 10.9. The third-order valence-electron chi connectivity index (χ3n) is 2.42. The maximum atomic E-state index is 11.9. The van der Waals surface area contributed by atoms with Gasteiger partial charge < -0.3 is 9.84 Å². The summed E-state index contributed by atoms with van der Waals surface area (Å²) < 4.78 is 32.5. The summed E-state index contributed by atoms with van der Waals surface area (Å²) >= 11 is 0. The lowest BCUT2D eigenvalue weighted by Crippen LogP contribution is -2.54. The van der Waals surface area contributed by atoms with Gasteiger partial charge in [0.15, 0.2) is 0 Å². The fourth-order valence-electron chi connectivity index (χ4n) is 1.68. The van der Waals surface area contributed by atoms with Gasteiger partial charge in [0.05, 0.1) is 12.2 Å². The number of nitrogens with zero attached hydrogens (tertiary/aromatic N) is 1. The molecule has 1 fully saturated rings. The molecule has 0 aliphatic carbocycles. The van der Waals surface area contributed by atoms with E-state index in [0.29, 0.717) is 0 Å². The lowest BCUT2D eigenvalue weighted by atomic mass is 10.3. The van der Waals surface area contributed by atoms with Crippen molar-refractivity contribution in [1.82, 2.24) is 9.03 Å². The topological polar surface area (TPSA) is 95.9 Å². The Kier molecular flexibility index (Phi) is 4.48. The molecule has 1 rings (SSSR count). The van der Waals surface area contributed by atoms with Crippen molar-refractivity contribution in [3.63, 3.8) is 0 Å². The monoisotopic (exact) mass is 266 g/mol. The van der Waals surface area contributed by atoms with Gasteiger partial charge in [-0.15, -0.1) is 0 Å². The molecule has 0 saturated carbocycles. The van der Waals surface area contributed by atoms with E-state index in [9.17, 15) is 13.2 Å². The highest BCUT2D eigenvalue weighted by atomic mass is 32.2. The van der Waals surface area contributed by atoms with Crippen molar-refractivity contribution in [3.8, 4) is 0 Å². The van der Waals surface area contributed by atoms with E-state index in [1.54, 1.807) is 13.8 Å². The largest absolute Gasteiger partial charge is 0.480 e. The molecule has 17 heavy (non-hydrogen) atoms. The molecule has 0 aromatic heterocycles. The first-order valence-electron chi connectivity index (χ1n) is 5.38.